The van der Waals surface area contributed by atoms with E-state index in [9.17, 15) is 0 Å². The van der Waals surface area contributed by atoms with Gasteiger partial charge in [-0.3, -0.25) is 0 Å². The summed E-state index contributed by atoms with van der Waals surface area (Å²) >= 11 is 5.37. The molecule has 0 unspecified atom stereocenters. The Bertz CT molecular complexity index is 783. The highest BCUT2D eigenvalue weighted by Gasteiger charge is 2.15. The number of aryl methyl sites for hydroxylation is 2. The van der Waals surface area contributed by atoms with Gasteiger partial charge in [-0.2, -0.15) is 0 Å². The van der Waals surface area contributed by atoms with Crippen LogP contribution in [0.2, 0.25) is 0 Å². The first-order valence-corrected chi connectivity index (χ1v) is 8.17. The molecule has 7 heteroatoms. The Morgan fingerprint density at radius 1 is 1.29 bits per heavy atom. The topological polar surface area (TPSA) is 67.9 Å². The third kappa shape index (κ3) is 3.99. The SMILES string of the molecule is Cc1onc(-c2ccccc2)c1NC(=S)NCCCn1ccnc1. The van der Waals surface area contributed by atoms with Crippen LogP contribution in [0.1, 0.15) is 12.2 Å². The molecule has 0 radical (unpaired) electrons. The van der Waals surface area contributed by atoms with E-state index in [1.54, 1.807) is 6.20 Å². The second kappa shape index (κ2) is 7.74. The van der Waals surface area contributed by atoms with Crippen molar-refractivity contribution in [3.8, 4) is 11.3 Å². The fourth-order valence-electron chi connectivity index (χ4n) is 2.35. The van der Waals surface area contributed by atoms with Gasteiger partial charge in [-0.25, -0.2) is 4.98 Å². The maximum absolute atomic E-state index is 5.37. The van der Waals surface area contributed by atoms with Gasteiger partial charge in [0.25, 0.3) is 0 Å². The van der Waals surface area contributed by atoms with Crippen molar-refractivity contribution in [3.05, 3.63) is 54.8 Å². The van der Waals surface area contributed by atoms with Crippen LogP contribution in [0.3, 0.4) is 0 Å². The molecule has 0 saturated heterocycles. The molecule has 24 heavy (non-hydrogen) atoms. The van der Waals surface area contributed by atoms with Gasteiger partial charge in [-0.1, -0.05) is 35.5 Å². The molecule has 6 nitrogen and oxygen atoms in total. The van der Waals surface area contributed by atoms with Crippen LogP contribution in [0.4, 0.5) is 5.69 Å². The van der Waals surface area contributed by atoms with Crippen LogP contribution >= 0.6 is 12.2 Å². The number of aromatic nitrogens is 3. The number of rotatable bonds is 6. The molecular weight excluding hydrogens is 322 g/mol. The zero-order valence-corrected chi connectivity index (χ0v) is 14.2. The standard InChI is InChI=1S/C17H19N5OS/c1-13-15(16(21-23-13)14-6-3-2-4-7-14)20-17(24)19-8-5-10-22-11-9-18-12-22/h2-4,6-7,9,11-12H,5,8,10H2,1H3,(H2,19,20,24). The fraction of sp³-hybridized carbons (Fsp3) is 0.235. The van der Waals surface area contributed by atoms with Gasteiger partial charge in [0.2, 0.25) is 0 Å². The summed E-state index contributed by atoms with van der Waals surface area (Å²) in [6, 6.07) is 9.88. The number of anilines is 1. The van der Waals surface area contributed by atoms with Crippen LogP contribution in [0.5, 0.6) is 0 Å². The molecule has 1 aromatic carbocycles. The van der Waals surface area contributed by atoms with Gasteiger partial charge in [-0.15, -0.1) is 0 Å². The van der Waals surface area contributed by atoms with Crippen molar-refractivity contribution in [1.82, 2.24) is 20.0 Å². The quantitative estimate of drug-likeness (QED) is 0.530. The summed E-state index contributed by atoms with van der Waals surface area (Å²) in [6.07, 6.45) is 6.48. The predicted molar refractivity (Wildman–Crippen MR) is 97.7 cm³/mol. The molecule has 124 valence electrons. The molecule has 0 fully saturated rings. The van der Waals surface area contributed by atoms with Crippen molar-refractivity contribution in [2.75, 3.05) is 11.9 Å². The monoisotopic (exact) mass is 341 g/mol. The van der Waals surface area contributed by atoms with Crippen molar-refractivity contribution >= 4 is 23.0 Å². The number of hydrogen-bond acceptors (Lipinski definition) is 4. The van der Waals surface area contributed by atoms with Gasteiger partial charge >= 0.3 is 0 Å². The first-order chi connectivity index (χ1) is 11.7. The van der Waals surface area contributed by atoms with E-state index in [0.717, 1.165) is 36.5 Å². The first-order valence-electron chi connectivity index (χ1n) is 7.76. The minimum absolute atomic E-state index is 0.559. The van der Waals surface area contributed by atoms with Gasteiger partial charge in [0.15, 0.2) is 10.9 Å². The Balaban J connectivity index is 1.55. The first kappa shape index (κ1) is 16.2. The van der Waals surface area contributed by atoms with Crippen molar-refractivity contribution in [2.24, 2.45) is 0 Å². The van der Waals surface area contributed by atoms with Gasteiger partial charge in [0.1, 0.15) is 11.4 Å². The highest BCUT2D eigenvalue weighted by atomic mass is 32.1. The zero-order chi connectivity index (χ0) is 16.8. The lowest BCUT2D eigenvalue weighted by Gasteiger charge is -2.11. The maximum atomic E-state index is 5.37. The van der Waals surface area contributed by atoms with Crippen LogP contribution in [-0.4, -0.2) is 26.4 Å². The number of nitrogens with zero attached hydrogens (tertiary/aromatic N) is 3. The van der Waals surface area contributed by atoms with Gasteiger partial charge in [0, 0.05) is 31.0 Å². The molecular formula is C17H19N5OS. The number of nitrogens with one attached hydrogen (secondary N) is 2. The maximum Gasteiger partial charge on any atom is 0.170 e. The van der Waals surface area contributed by atoms with Crippen LogP contribution in [-0.2, 0) is 6.54 Å². The molecule has 3 rings (SSSR count). The van der Waals surface area contributed by atoms with Crippen molar-refractivity contribution in [2.45, 2.75) is 19.9 Å². The predicted octanol–water partition coefficient (Wildman–Crippen LogP) is 3.22. The van der Waals surface area contributed by atoms with Crippen molar-refractivity contribution in [3.63, 3.8) is 0 Å². The second-order valence-electron chi connectivity index (χ2n) is 5.36. The third-order valence-corrected chi connectivity index (χ3v) is 3.83. The van der Waals surface area contributed by atoms with Crippen LogP contribution < -0.4 is 10.6 Å². The van der Waals surface area contributed by atoms with Crippen molar-refractivity contribution in [1.29, 1.82) is 0 Å². The highest BCUT2D eigenvalue weighted by Crippen LogP contribution is 2.29. The zero-order valence-electron chi connectivity index (χ0n) is 13.4. The van der Waals surface area contributed by atoms with Gasteiger partial charge < -0.3 is 19.7 Å². The normalized spacial score (nSPS) is 10.5. The van der Waals surface area contributed by atoms with Crippen LogP contribution in [0.25, 0.3) is 11.3 Å². The average Bonchev–Trinajstić information content (AvgIpc) is 3.23. The van der Waals surface area contributed by atoms with E-state index in [-0.39, 0.29) is 0 Å². The molecule has 2 heterocycles. The Morgan fingerprint density at radius 2 is 2.12 bits per heavy atom. The number of imidazole rings is 1. The van der Waals surface area contributed by atoms with Crippen LogP contribution in [0.15, 0.2) is 53.6 Å². The summed E-state index contributed by atoms with van der Waals surface area (Å²) in [5, 5.41) is 11.1. The lowest BCUT2D eigenvalue weighted by Crippen LogP contribution is -2.30. The summed E-state index contributed by atoms with van der Waals surface area (Å²) in [4.78, 5) is 4.02. The molecule has 0 atom stereocenters. The Hall–Kier alpha value is -2.67. The Kier molecular flexibility index (Phi) is 5.22. The summed E-state index contributed by atoms with van der Waals surface area (Å²) in [5.41, 5.74) is 2.55. The smallest absolute Gasteiger partial charge is 0.170 e. The molecule has 0 aliphatic carbocycles. The number of thiocarbonyl (C=S) groups is 1. The fourth-order valence-corrected chi connectivity index (χ4v) is 2.56. The summed E-state index contributed by atoms with van der Waals surface area (Å²) < 4.78 is 7.35. The summed E-state index contributed by atoms with van der Waals surface area (Å²) in [5.74, 6) is 0.705. The van der Waals surface area contributed by atoms with Crippen LogP contribution in [0, 0.1) is 6.92 Å². The minimum atomic E-state index is 0.559. The highest BCUT2D eigenvalue weighted by molar-refractivity contribution is 7.80. The molecule has 2 N–H and O–H groups in total. The average molecular weight is 341 g/mol. The minimum Gasteiger partial charge on any atom is -0.362 e. The van der Waals surface area contributed by atoms with E-state index < -0.39 is 0 Å². The van der Waals surface area contributed by atoms with Gasteiger partial charge in [0.05, 0.1) is 6.33 Å². The summed E-state index contributed by atoms with van der Waals surface area (Å²) in [6.45, 7) is 3.54. The second-order valence-corrected chi connectivity index (χ2v) is 5.77. The molecule has 0 spiro atoms. The van der Waals surface area contributed by atoms with E-state index >= 15 is 0 Å². The lowest BCUT2D eigenvalue weighted by molar-refractivity contribution is 0.400. The molecule has 0 aliphatic heterocycles. The van der Waals surface area contributed by atoms with E-state index in [0.29, 0.717) is 10.9 Å². The molecule has 0 amide bonds. The summed E-state index contributed by atoms with van der Waals surface area (Å²) in [7, 11) is 0. The van der Waals surface area contributed by atoms with E-state index in [1.165, 1.54) is 0 Å². The Morgan fingerprint density at radius 3 is 2.88 bits per heavy atom. The largest absolute Gasteiger partial charge is 0.362 e. The Labute approximate surface area is 145 Å². The molecule has 0 bridgehead atoms. The van der Waals surface area contributed by atoms with E-state index in [4.69, 9.17) is 16.7 Å². The molecule has 2 aromatic heterocycles. The van der Waals surface area contributed by atoms with Crippen molar-refractivity contribution < 1.29 is 4.52 Å². The molecule has 3 aromatic rings. The third-order valence-electron chi connectivity index (χ3n) is 3.59. The number of hydrogen-bond donors (Lipinski definition) is 2. The molecule has 0 saturated carbocycles. The molecule has 0 aliphatic rings. The lowest BCUT2D eigenvalue weighted by atomic mass is 10.1. The van der Waals surface area contributed by atoms with Gasteiger partial charge in [-0.05, 0) is 25.6 Å². The van der Waals surface area contributed by atoms with E-state index in [2.05, 4.69) is 20.8 Å². The van der Waals surface area contributed by atoms with E-state index in [1.807, 2.05) is 54.3 Å². The number of benzene rings is 1.